The predicted molar refractivity (Wildman–Crippen MR) is 172 cm³/mol. The largest absolute Gasteiger partial charge is 0.397 e. The lowest BCUT2D eigenvalue weighted by Crippen LogP contribution is -2.37. The summed E-state index contributed by atoms with van der Waals surface area (Å²) >= 11 is 0. The van der Waals surface area contributed by atoms with E-state index in [9.17, 15) is 9.59 Å². The van der Waals surface area contributed by atoms with Gasteiger partial charge in [0.15, 0.2) is 0 Å². The normalized spacial score (nSPS) is 13.6. The van der Waals surface area contributed by atoms with Gasteiger partial charge in [-0.15, -0.1) is 0 Å². The second-order valence-corrected chi connectivity index (χ2v) is 11.1. The Labute approximate surface area is 250 Å². The molecule has 0 radical (unpaired) electrons. The summed E-state index contributed by atoms with van der Waals surface area (Å²) in [4.78, 5) is 32.4. The van der Waals surface area contributed by atoms with Gasteiger partial charge in [-0.1, -0.05) is 12.1 Å². The molecule has 1 heterocycles. The minimum Gasteiger partial charge on any atom is -0.397 e. The van der Waals surface area contributed by atoms with E-state index in [0.717, 1.165) is 83.9 Å². The maximum Gasteiger partial charge on any atom is 0.256 e. The Morgan fingerprint density at radius 2 is 1.38 bits per heavy atom. The van der Waals surface area contributed by atoms with Crippen LogP contribution < -0.4 is 28.7 Å². The molecule has 0 atom stereocenters. The number of hydrogen-bond donors (Lipinski definition) is 5. The maximum atomic E-state index is 12.8. The van der Waals surface area contributed by atoms with Crippen molar-refractivity contribution in [1.29, 1.82) is 0 Å². The van der Waals surface area contributed by atoms with Crippen molar-refractivity contribution in [3.8, 4) is 0 Å². The lowest BCUT2D eigenvalue weighted by Gasteiger charge is -2.26. The Morgan fingerprint density at radius 3 is 1.93 bits per heavy atom. The summed E-state index contributed by atoms with van der Waals surface area (Å²) < 4.78 is 5.30. The van der Waals surface area contributed by atoms with Gasteiger partial charge in [0.2, 0.25) is 0 Å². The lowest BCUT2D eigenvalue weighted by molar-refractivity contribution is 0.0384. The number of amides is 2. The molecule has 42 heavy (non-hydrogen) atoms. The SMILES string of the molecule is CN(C)CCCN(CCCN(C)C)C(=O)c1cccc(N)c1N.NC(=O)c1ccc(CCN2CCOCC2)c(N)c1N. The van der Waals surface area contributed by atoms with Crippen LogP contribution in [0.15, 0.2) is 30.3 Å². The van der Waals surface area contributed by atoms with Crippen molar-refractivity contribution < 1.29 is 14.3 Å². The number of benzene rings is 2. The summed E-state index contributed by atoms with van der Waals surface area (Å²) in [6.07, 6.45) is 2.67. The van der Waals surface area contributed by atoms with Gasteiger partial charge in [0, 0.05) is 32.7 Å². The number of morpholine rings is 1. The Hall–Kier alpha value is -3.58. The summed E-state index contributed by atoms with van der Waals surface area (Å²) in [6, 6.07) is 8.71. The molecule has 1 aliphatic rings. The Bertz CT molecular complexity index is 1140. The van der Waals surface area contributed by atoms with Crippen LogP contribution in [0.3, 0.4) is 0 Å². The van der Waals surface area contributed by atoms with Crippen LogP contribution in [0.25, 0.3) is 0 Å². The van der Waals surface area contributed by atoms with Crippen molar-refractivity contribution >= 4 is 34.6 Å². The molecule has 2 amide bonds. The van der Waals surface area contributed by atoms with Gasteiger partial charge in [-0.2, -0.15) is 0 Å². The van der Waals surface area contributed by atoms with E-state index in [1.807, 2.05) is 39.2 Å². The van der Waals surface area contributed by atoms with Gasteiger partial charge in [-0.3, -0.25) is 14.5 Å². The summed E-state index contributed by atoms with van der Waals surface area (Å²) in [5, 5.41) is 0. The van der Waals surface area contributed by atoms with Crippen molar-refractivity contribution in [3.05, 3.63) is 47.0 Å². The molecule has 1 fully saturated rings. The van der Waals surface area contributed by atoms with Crippen LogP contribution >= 0.6 is 0 Å². The highest BCUT2D eigenvalue weighted by molar-refractivity contribution is 6.02. The summed E-state index contributed by atoms with van der Waals surface area (Å²) in [5.41, 5.74) is 32.2. The number of rotatable bonds is 13. The molecule has 234 valence electrons. The quantitative estimate of drug-likeness (QED) is 0.212. The third-order valence-electron chi connectivity index (χ3n) is 7.17. The number of carbonyl (C=O) groups is 2. The van der Waals surface area contributed by atoms with Gasteiger partial charge in [-0.25, -0.2) is 0 Å². The van der Waals surface area contributed by atoms with Crippen LogP contribution in [0.1, 0.15) is 39.1 Å². The third-order valence-corrected chi connectivity index (χ3v) is 7.17. The first-order valence-corrected chi connectivity index (χ1v) is 14.4. The third kappa shape index (κ3) is 11.0. The van der Waals surface area contributed by atoms with Crippen LogP contribution in [0.4, 0.5) is 22.7 Å². The average Bonchev–Trinajstić information content (AvgIpc) is 2.94. The van der Waals surface area contributed by atoms with Crippen LogP contribution in [0.5, 0.6) is 0 Å². The van der Waals surface area contributed by atoms with Crippen LogP contribution in [0.2, 0.25) is 0 Å². The monoisotopic (exact) mass is 585 g/mol. The van der Waals surface area contributed by atoms with Crippen molar-refractivity contribution in [2.75, 3.05) is 110 Å². The van der Waals surface area contributed by atoms with E-state index in [2.05, 4.69) is 14.7 Å². The second-order valence-electron chi connectivity index (χ2n) is 11.1. The first-order valence-electron chi connectivity index (χ1n) is 14.4. The van der Waals surface area contributed by atoms with Gasteiger partial charge in [-0.05, 0) is 84.3 Å². The zero-order valence-electron chi connectivity index (χ0n) is 25.8. The molecule has 0 unspecified atom stereocenters. The number of nitrogens with two attached hydrogens (primary N) is 5. The minimum absolute atomic E-state index is 0.0349. The zero-order chi connectivity index (χ0) is 31.2. The van der Waals surface area contributed by atoms with Crippen molar-refractivity contribution in [2.24, 2.45) is 5.73 Å². The fourth-order valence-corrected chi connectivity index (χ4v) is 4.63. The standard InChI is InChI=1S/C17H31N5O.C13H20N4O2/c1-20(2)10-6-12-22(13-7-11-21(3)4)17(23)14-8-5-9-15(18)16(14)19;14-11-9(1-2-10(12(11)15)13(16)18)3-4-17-5-7-19-8-6-17/h5,8-9H,6-7,10-13,18-19H2,1-4H3;1-2H,3-8,14-15H2,(H2,16,18). The molecule has 2 aromatic carbocycles. The highest BCUT2D eigenvalue weighted by atomic mass is 16.5. The molecule has 2 aromatic rings. The number of hydrogen-bond acceptors (Lipinski definition) is 10. The molecule has 0 spiro atoms. The smallest absolute Gasteiger partial charge is 0.256 e. The molecule has 1 aliphatic heterocycles. The molecule has 0 bridgehead atoms. The maximum absolute atomic E-state index is 12.8. The molecule has 0 aromatic heterocycles. The first-order chi connectivity index (χ1) is 19.9. The molecule has 12 nitrogen and oxygen atoms in total. The number of anilines is 4. The topological polar surface area (TPSA) is 186 Å². The molecule has 0 saturated carbocycles. The highest BCUT2D eigenvalue weighted by Crippen LogP contribution is 2.25. The van der Waals surface area contributed by atoms with E-state index in [4.69, 9.17) is 33.4 Å². The summed E-state index contributed by atoms with van der Waals surface area (Å²) in [6.45, 7) is 7.67. The van der Waals surface area contributed by atoms with E-state index in [1.165, 1.54) is 0 Å². The summed E-state index contributed by atoms with van der Waals surface area (Å²) in [7, 11) is 8.14. The van der Waals surface area contributed by atoms with Crippen LogP contribution in [-0.4, -0.2) is 119 Å². The molecule has 0 aliphatic carbocycles. The number of primary amides is 1. The van der Waals surface area contributed by atoms with Gasteiger partial charge < -0.3 is 48.1 Å². The number of nitrogens with zero attached hydrogens (tertiary/aromatic N) is 4. The molecule has 12 heteroatoms. The zero-order valence-corrected chi connectivity index (χ0v) is 25.8. The van der Waals surface area contributed by atoms with E-state index in [0.29, 0.717) is 22.6 Å². The number of ether oxygens (including phenoxy) is 1. The molecule has 3 rings (SSSR count). The van der Waals surface area contributed by atoms with Crippen LogP contribution in [0, 0.1) is 0 Å². The molecular weight excluding hydrogens is 534 g/mol. The van der Waals surface area contributed by atoms with Crippen molar-refractivity contribution in [2.45, 2.75) is 19.3 Å². The number of para-hydroxylation sites is 1. The van der Waals surface area contributed by atoms with Crippen molar-refractivity contribution in [1.82, 2.24) is 19.6 Å². The first kappa shape index (κ1) is 34.6. The van der Waals surface area contributed by atoms with Gasteiger partial charge >= 0.3 is 0 Å². The molecule has 1 saturated heterocycles. The Kier molecular flexibility index (Phi) is 14.3. The fraction of sp³-hybridized carbons (Fsp3) is 0.533. The van der Waals surface area contributed by atoms with Gasteiger partial charge in [0.1, 0.15) is 0 Å². The molecular formula is C30H51N9O3. The lowest BCUT2D eigenvalue weighted by atomic mass is 10.0. The van der Waals surface area contributed by atoms with E-state index < -0.39 is 5.91 Å². The van der Waals surface area contributed by atoms with E-state index >= 15 is 0 Å². The Balaban J connectivity index is 0.000000298. The van der Waals surface area contributed by atoms with Crippen LogP contribution in [-0.2, 0) is 11.2 Å². The Morgan fingerprint density at radius 1 is 0.786 bits per heavy atom. The number of nitrogen functional groups attached to an aromatic ring is 4. The number of carbonyl (C=O) groups excluding carboxylic acids is 2. The summed E-state index contributed by atoms with van der Waals surface area (Å²) in [5.74, 6) is -0.587. The highest BCUT2D eigenvalue weighted by Gasteiger charge is 2.19. The average molecular weight is 586 g/mol. The van der Waals surface area contributed by atoms with Gasteiger partial charge in [0.25, 0.3) is 11.8 Å². The van der Waals surface area contributed by atoms with E-state index in [1.54, 1.807) is 24.3 Å². The minimum atomic E-state index is -0.552. The second kappa shape index (κ2) is 17.4. The van der Waals surface area contributed by atoms with Crippen molar-refractivity contribution in [3.63, 3.8) is 0 Å². The van der Waals surface area contributed by atoms with E-state index in [-0.39, 0.29) is 17.2 Å². The fourth-order valence-electron chi connectivity index (χ4n) is 4.63. The predicted octanol–water partition coefficient (Wildman–Crippen LogP) is 1.02. The van der Waals surface area contributed by atoms with Gasteiger partial charge in [0.05, 0.1) is 47.1 Å². The molecule has 10 N–H and O–H groups in total.